The van der Waals surface area contributed by atoms with Crippen LogP contribution < -0.4 is 5.73 Å². The average molecular weight is 314 g/mol. The Morgan fingerprint density at radius 3 is 2.74 bits per heavy atom. The molecule has 0 saturated heterocycles. The Balaban J connectivity index is 1.86. The number of rotatable bonds is 5. The summed E-state index contributed by atoms with van der Waals surface area (Å²) in [6.07, 6.45) is 5.78. The maximum absolute atomic E-state index is 12.9. The van der Waals surface area contributed by atoms with Crippen LogP contribution in [0.15, 0.2) is 18.5 Å². The molecule has 0 aromatic carbocycles. The lowest BCUT2D eigenvalue weighted by molar-refractivity contribution is 0.0723. The zero-order valence-corrected chi connectivity index (χ0v) is 13.7. The molecular weight excluding hydrogens is 292 g/mol. The van der Waals surface area contributed by atoms with Crippen molar-refractivity contribution in [3.8, 4) is 0 Å². The minimum atomic E-state index is -0.0904. The van der Waals surface area contributed by atoms with Crippen molar-refractivity contribution in [1.29, 1.82) is 0 Å². The molecule has 1 aliphatic carbocycles. The Morgan fingerprint density at radius 1 is 1.43 bits per heavy atom. The summed E-state index contributed by atoms with van der Waals surface area (Å²) in [7, 11) is 1.87. The van der Waals surface area contributed by atoms with Crippen LogP contribution in [-0.2, 0) is 13.6 Å². The van der Waals surface area contributed by atoms with Gasteiger partial charge in [-0.25, -0.2) is 9.97 Å². The van der Waals surface area contributed by atoms with Crippen molar-refractivity contribution in [1.82, 2.24) is 24.6 Å². The standard InChI is InChI=1S/C16H22N6O/c1-10(2)13-6-14(20-16(17)19-13)15(23)22(12-4-5-12)9-11-7-18-21(3)8-11/h6-8,10,12H,4-5,9H2,1-3H3,(H2,17,19,20). The smallest absolute Gasteiger partial charge is 0.273 e. The fourth-order valence-electron chi connectivity index (χ4n) is 2.54. The first kappa shape index (κ1) is 15.5. The van der Waals surface area contributed by atoms with E-state index in [4.69, 9.17) is 5.73 Å². The molecule has 1 fully saturated rings. The fourth-order valence-corrected chi connectivity index (χ4v) is 2.54. The van der Waals surface area contributed by atoms with Crippen LogP contribution in [0.25, 0.3) is 0 Å². The molecule has 0 radical (unpaired) electrons. The van der Waals surface area contributed by atoms with E-state index in [-0.39, 0.29) is 23.8 Å². The lowest BCUT2D eigenvalue weighted by Crippen LogP contribution is -2.33. The van der Waals surface area contributed by atoms with Crippen LogP contribution in [-0.4, -0.2) is 36.6 Å². The number of aromatic nitrogens is 4. The van der Waals surface area contributed by atoms with Crippen LogP contribution in [0.4, 0.5) is 5.95 Å². The number of hydrogen-bond donors (Lipinski definition) is 1. The van der Waals surface area contributed by atoms with E-state index in [2.05, 4.69) is 15.1 Å². The van der Waals surface area contributed by atoms with Gasteiger partial charge >= 0.3 is 0 Å². The molecule has 0 bridgehead atoms. The normalized spacial score (nSPS) is 14.3. The van der Waals surface area contributed by atoms with Crippen LogP contribution in [0.3, 0.4) is 0 Å². The summed E-state index contributed by atoms with van der Waals surface area (Å²) in [5, 5.41) is 4.17. The van der Waals surface area contributed by atoms with Crippen molar-refractivity contribution >= 4 is 11.9 Å². The molecule has 1 saturated carbocycles. The third-order valence-corrected chi connectivity index (χ3v) is 3.93. The molecule has 2 heterocycles. The number of anilines is 1. The summed E-state index contributed by atoms with van der Waals surface area (Å²) < 4.78 is 1.74. The van der Waals surface area contributed by atoms with Crippen molar-refractivity contribution in [3.63, 3.8) is 0 Å². The maximum Gasteiger partial charge on any atom is 0.273 e. The molecule has 2 N–H and O–H groups in total. The molecule has 1 aliphatic rings. The highest BCUT2D eigenvalue weighted by molar-refractivity contribution is 5.93. The van der Waals surface area contributed by atoms with Gasteiger partial charge in [-0.2, -0.15) is 5.10 Å². The Bertz CT molecular complexity index is 719. The third-order valence-electron chi connectivity index (χ3n) is 3.93. The summed E-state index contributed by atoms with van der Waals surface area (Å²) in [4.78, 5) is 23.1. The molecule has 2 aromatic rings. The number of carbonyl (C=O) groups excluding carboxylic acids is 1. The predicted octanol–water partition coefficient (Wildman–Crippen LogP) is 1.72. The van der Waals surface area contributed by atoms with E-state index in [1.165, 1.54) is 0 Å². The maximum atomic E-state index is 12.9. The van der Waals surface area contributed by atoms with Crippen LogP contribution in [0.2, 0.25) is 0 Å². The molecule has 0 atom stereocenters. The van der Waals surface area contributed by atoms with E-state index in [9.17, 15) is 4.79 Å². The highest BCUT2D eigenvalue weighted by atomic mass is 16.2. The first-order valence-electron chi connectivity index (χ1n) is 7.87. The minimum Gasteiger partial charge on any atom is -0.368 e. The number of carbonyl (C=O) groups is 1. The molecule has 3 rings (SSSR count). The summed E-state index contributed by atoms with van der Waals surface area (Å²) in [6, 6.07) is 2.03. The number of aryl methyl sites for hydroxylation is 1. The van der Waals surface area contributed by atoms with Gasteiger partial charge in [0.2, 0.25) is 5.95 Å². The topological polar surface area (TPSA) is 89.9 Å². The van der Waals surface area contributed by atoms with Crippen molar-refractivity contribution in [2.75, 3.05) is 5.73 Å². The molecule has 0 aliphatic heterocycles. The average Bonchev–Trinajstić information content (AvgIpc) is 3.26. The molecule has 0 unspecified atom stereocenters. The van der Waals surface area contributed by atoms with Gasteiger partial charge < -0.3 is 10.6 Å². The number of hydrogen-bond acceptors (Lipinski definition) is 5. The largest absolute Gasteiger partial charge is 0.368 e. The van der Waals surface area contributed by atoms with Gasteiger partial charge in [0.15, 0.2) is 0 Å². The van der Waals surface area contributed by atoms with Gasteiger partial charge in [0, 0.05) is 37.1 Å². The Labute approximate surface area is 135 Å². The van der Waals surface area contributed by atoms with Crippen LogP contribution in [0, 0.1) is 0 Å². The highest BCUT2D eigenvalue weighted by Gasteiger charge is 2.34. The zero-order chi connectivity index (χ0) is 16.6. The van der Waals surface area contributed by atoms with Gasteiger partial charge in [0.1, 0.15) is 5.69 Å². The lowest BCUT2D eigenvalue weighted by atomic mass is 10.1. The first-order chi connectivity index (χ1) is 10.9. The Hall–Kier alpha value is -2.44. The van der Waals surface area contributed by atoms with E-state index in [0.29, 0.717) is 12.2 Å². The van der Waals surface area contributed by atoms with Gasteiger partial charge in [-0.1, -0.05) is 13.8 Å². The van der Waals surface area contributed by atoms with E-state index in [0.717, 1.165) is 24.1 Å². The molecule has 7 nitrogen and oxygen atoms in total. The second-order valence-electron chi connectivity index (χ2n) is 6.38. The van der Waals surface area contributed by atoms with Crippen LogP contribution in [0.1, 0.15) is 54.4 Å². The monoisotopic (exact) mass is 314 g/mol. The van der Waals surface area contributed by atoms with Gasteiger partial charge in [0.25, 0.3) is 5.91 Å². The van der Waals surface area contributed by atoms with E-state index in [1.54, 1.807) is 16.9 Å². The second-order valence-corrected chi connectivity index (χ2v) is 6.38. The van der Waals surface area contributed by atoms with Crippen molar-refractivity contribution in [2.24, 2.45) is 7.05 Å². The number of nitrogens with two attached hydrogens (primary N) is 1. The van der Waals surface area contributed by atoms with Crippen molar-refractivity contribution in [3.05, 3.63) is 35.4 Å². The van der Waals surface area contributed by atoms with Gasteiger partial charge in [-0.3, -0.25) is 9.48 Å². The quantitative estimate of drug-likeness (QED) is 0.907. The summed E-state index contributed by atoms with van der Waals surface area (Å²) in [5.74, 6) is 0.253. The third kappa shape index (κ3) is 3.49. The zero-order valence-electron chi connectivity index (χ0n) is 13.7. The SMILES string of the molecule is CC(C)c1cc(C(=O)N(Cc2cnn(C)c2)C2CC2)nc(N)n1. The number of amides is 1. The van der Waals surface area contributed by atoms with E-state index >= 15 is 0 Å². The van der Waals surface area contributed by atoms with Gasteiger partial charge in [0.05, 0.1) is 6.20 Å². The summed E-state index contributed by atoms with van der Waals surface area (Å²) in [5.41, 5.74) is 7.95. The molecule has 2 aromatic heterocycles. The second kappa shape index (κ2) is 5.98. The van der Waals surface area contributed by atoms with Gasteiger partial charge in [-0.15, -0.1) is 0 Å². The minimum absolute atomic E-state index is 0.0904. The summed E-state index contributed by atoms with van der Waals surface area (Å²) >= 11 is 0. The lowest BCUT2D eigenvalue weighted by Gasteiger charge is -2.22. The van der Waals surface area contributed by atoms with Gasteiger partial charge in [-0.05, 0) is 24.8 Å². The van der Waals surface area contributed by atoms with Crippen LogP contribution in [0.5, 0.6) is 0 Å². The highest BCUT2D eigenvalue weighted by Crippen LogP contribution is 2.30. The first-order valence-corrected chi connectivity index (χ1v) is 7.87. The molecular formula is C16H22N6O. The molecule has 7 heteroatoms. The molecule has 122 valence electrons. The number of nitrogens with zero attached hydrogens (tertiary/aromatic N) is 5. The fraction of sp³-hybridized carbons (Fsp3) is 0.500. The van der Waals surface area contributed by atoms with E-state index in [1.807, 2.05) is 32.0 Å². The van der Waals surface area contributed by atoms with Crippen LogP contribution >= 0.6 is 0 Å². The molecule has 1 amide bonds. The Morgan fingerprint density at radius 2 is 2.17 bits per heavy atom. The number of nitrogen functional groups attached to an aromatic ring is 1. The molecule has 0 spiro atoms. The summed E-state index contributed by atoms with van der Waals surface area (Å²) in [6.45, 7) is 4.58. The molecule has 23 heavy (non-hydrogen) atoms. The van der Waals surface area contributed by atoms with E-state index < -0.39 is 0 Å². The van der Waals surface area contributed by atoms with Crippen molar-refractivity contribution in [2.45, 2.75) is 45.2 Å². The predicted molar refractivity (Wildman–Crippen MR) is 86.6 cm³/mol. The van der Waals surface area contributed by atoms with Crippen molar-refractivity contribution < 1.29 is 4.79 Å². The Kier molecular flexibility index (Phi) is 4.02.